The van der Waals surface area contributed by atoms with Gasteiger partial charge in [-0.15, -0.1) is 5.10 Å². The molecule has 1 aliphatic carbocycles. The van der Waals surface area contributed by atoms with E-state index in [-0.39, 0.29) is 5.91 Å². The van der Waals surface area contributed by atoms with E-state index in [1.165, 1.54) is 12.8 Å². The molecule has 7 heteroatoms. The van der Waals surface area contributed by atoms with Crippen LogP contribution in [0.25, 0.3) is 0 Å². The highest BCUT2D eigenvalue weighted by Gasteiger charge is 2.25. The number of ether oxygens (including phenoxy) is 1. The first kappa shape index (κ1) is 16.2. The van der Waals surface area contributed by atoms with Gasteiger partial charge < -0.3 is 9.64 Å². The van der Waals surface area contributed by atoms with E-state index in [2.05, 4.69) is 15.3 Å². The van der Waals surface area contributed by atoms with Crippen molar-refractivity contribution in [2.24, 2.45) is 5.92 Å². The minimum absolute atomic E-state index is 0.00991. The second kappa shape index (κ2) is 6.92. The van der Waals surface area contributed by atoms with Crippen molar-refractivity contribution in [1.29, 1.82) is 0 Å². The maximum absolute atomic E-state index is 12.9. The lowest BCUT2D eigenvalue weighted by molar-refractivity contribution is 0.0741. The van der Waals surface area contributed by atoms with Gasteiger partial charge in [0.25, 0.3) is 5.91 Å². The molecule has 0 unspecified atom stereocenters. The second-order valence-electron chi connectivity index (χ2n) is 7.00. The summed E-state index contributed by atoms with van der Waals surface area (Å²) in [6.45, 7) is 5.21. The molecule has 1 amide bonds. The smallest absolute Gasteiger partial charge is 0.255 e. The Morgan fingerprint density at radius 2 is 2.20 bits per heavy atom. The van der Waals surface area contributed by atoms with Gasteiger partial charge in [0, 0.05) is 32.1 Å². The number of amides is 1. The van der Waals surface area contributed by atoms with Crippen molar-refractivity contribution >= 4 is 5.91 Å². The first-order chi connectivity index (χ1) is 12.2. The van der Waals surface area contributed by atoms with E-state index < -0.39 is 0 Å². The molecule has 2 aliphatic rings. The van der Waals surface area contributed by atoms with Crippen LogP contribution in [0.2, 0.25) is 0 Å². The number of aryl methyl sites for hydroxylation is 2. The predicted molar refractivity (Wildman–Crippen MR) is 90.7 cm³/mol. The molecule has 0 aromatic carbocycles. The third kappa shape index (κ3) is 3.71. The Hall–Kier alpha value is -2.28. The van der Waals surface area contributed by atoms with Gasteiger partial charge >= 0.3 is 0 Å². The summed E-state index contributed by atoms with van der Waals surface area (Å²) in [6.07, 6.45) is 6.80. The SMILES string of the molecule is Cc1cncc(C(=O)N2CCCn3nnc(COCC4CC4)c3C2)c1. The average molecular weight is 341 g/mol. The summed E-state index contributed by atoms with van der Waals surface area (Å²) in [4.78, 5) is 18.9. The summed E-state index contributed by atoms with van der Waals surface area (Å²) in [5.74, 6) is 0.733. The number of rotatable bonds is 5. The van der Waals surface area contributed by atoms with E-state index in [1.54, 1.807) is 12.4 Å². The lowest BCUT2D eigenvalue weighted by atomic mass is 10.2. The van der Waals surface area contributed by atoms with Gasteiger partial charge in [-0.2, -0.15) is 0 Å². The standard InChI is InChI=1S/C18H23N5O2/c1-13-7-15(9-19-8-13)18(24)22-5-2-6-23-17(10-22)16(20-21-23)12-25-11-14-3-4-14/h7-9,14H,2-6,10-12H2,1H3. The van der Waals surface area contributed by atoms with Crippen LogP contribution in [-0.2, 0) is 24.4 Å². The van der Waals surface area contributed by atoms with Gasteiger partial charge in [-0.25, -0.2) is 4.68 Å². The number of carbonyl (C=O) groups excluding carboxylic acids is 1. The Labute approximate surface area is 147 Å². The van der Waals surface area contributed by atoms with Crippen molar-refractivity contribution in [1.82, 2.24) is 24.9 Å². The molecule has 0 spiro atoms. The molecule has 0 N–H and O–H groups in total. The number of pyridine rings is 1. The van der Waals surface area contributed by atoms with Crippen molar-refractivity contribution in [3.63, 3.8) is 0 Å². The molecule has 2 aromatic rings. The zero-order chi connectivity index (χ0) is 17.2. The van der Waals surface area contributed by atoms with Crippen LogP contribution < -0.4 is 0 Å². The van der Waals surface area contributed by atoms with E-state index in [0.717, 1.165) is 42.4 Å². The van der Waals surface area contributed by atoms with Gasteiger partial charge in [0.2, 0.25) is 0 Å². The molecule has 4 rings (SSSR count). The topological polar surface area (TPSA) is 73.1 Å². The normalized spacial score (nSPS) is 17.2. The van der Waals surface area contributed by atoms with Gasteiger partial charge in [0.15, 0.2) is 0 Å². The molecule has 7 nitrogen and oxygen atoms in total. The Morgan fingerprint density at radius 3 is 3.00 bits per heavy atom. The van der Waals surface area contributed by atoms with Crippen LogP contribution in [0.1, 0.15) is 46.6 Å². The largest absolute Gasteiger partial charge is 0.375 e. The van der Waals surface area contributed by atoms with Crippen LogP contribution in [0.5, 0.6) is 0 Å². The highest BCUT2D eigenvalue weighted by atomic mass is 16.5. The Bertz CT molecular complexity index is 769. The summed E-state index contributed by atoms with van der Waals surface area (Å²) in [7, 11) is 0. The van der Waals surface area contributed by atoms with E-state index in [9.17, 15) is 4.79 Å². The number of carbonyl (C=O) groups is 1. The molecule has 1 fully saturated rings. The minimum atomic E-state index is 0.00991. The molecule has 1 saturated carbocycles. The summed E-state index contributed by atoms with van der Waals surface area (Å²) < 4.78 is 7.69. The number of fused-ring (bicyclic) bond motifs is 1. The molecule has 0 saturated heterocycles. The number of hydrogen-bond acceptors (Lipinski definition) is 5. The Balaban J connectivity index is 1.49. The fourth-order valence-electron chi connectivity index (χ4n) is 3.14. The maximum atomic E-state index is 12.9. The van der Waals surface area contributed by atoms with Crippen molar-refractivity contribution < 1.29 is 9.53 Å². The monoisotopic (exact) mass is 341 g/mol. The van der Waals surface area contributed by atoms with Crippen molar-refractivity contribution in [2.75, 3.05) is 13.2 Å². The molecule has 25 heavy (non-hydrogen) atoms. The minimum Gasteiger partial charge on any atom is -0.375 e. The fraction of sp³-hybridized carbons (Fsp3) is 0.556. The third-order valence-electron chi connectivity index (χ3n) is 4.76. The van der Waals surface area contributed by atoms with E-state index in [1.807, 2.05) is 22.6 Å². The van der Waals surface area contributed by atoms with Gasteiger partial charge in [0.05, 0.1) is 24.4 Å². The summed E-state index contributed by atoms with van der Waals surface area (Å²) in [6, 6.07) is 1.88. The molecule has 3 heterocycles. The molecule has 0 atom stereocenters. The first-order valence-electron chi connectivity index (χ1n) is 8.90. The molecular weight excluding hydrogens is 318 g/mol. The quantitative estimate of drug-likeness (QED) is 0.831. The van der Waals surface area contributed by atoms with Crippen LogP contribution in [0.4, 0.5) is 0 Å². The molecular formula is C18H23N5O2. The van der Waals surface area contributed by atoms with Crippen LogP contribution in [0.3, 0.4) is 0 Å². The first-order valence-corrected chi connectivity index (χ1v) is 8.90. The predicted octanol–water partition coefficient (Wildman–Crippen LogP) is 1.95. The van der Waals surface area contributed by atoms with E-state index in [0.29, 0.717) is 25.3 Å². The van der Waals surface area contributed by atoms with Gasteiger partial charge in [0.1, 0.15) is 5.69 Å². The van der Waals surface area contributed by atoms with Crippen LogP contribution in [0.15, 0.2) is 18.5 Å². The van der Waals surface area contributed by atoms with Gasteiger partial charge in [-0.1, -0.05) is 5.21 Å². The number of nitrogens with zero attached hydrogens (tertiary/aromatic N) is 5. The highest BCUT2D eigenvalue weighted by Crippen LogP contribution is 2.29. The second-order valence-corrected chi connectivity index (χ2v) is 7.00. The van der Waals surface area contributed by atoms with Gasteiger partial charge in [-0.05, 0) is 43.7 Å². The summed E-state index contributed by atoms with van der Waals surface area (Å²) in [5.41, 5.74) is 3.46. The molecule has 1 aliphatic heterocycles. The zero-order valence-corrected chi connectivity index (χ0v) is 14.5. The zero-order valence-electron chi connectivity index (χ0n) is 14.5. The Morgan fingerprint density at radius 1 is 1.32 bits per heavy atom. The summed E-state index contributed by atoms with van der Waals surface area (Å²) in [5, 5.41) is 8.52. The van der Waals surface area contributed by atoms with Crippen molar-refractivity contribution in [3.05, 3.63) is 41.0 Å². The molecule has 0 bridgehead atoms. The van der Waals surface area contributed by atoms with Crippen molar-refractivity contribution in [3.8, 4) is 0 Å². The lowest BCUT2D eigenvalue weighted by Gasteiger charge is -2.20. The number of hydrogen-bond donors (Lipinski definition) is 0. The maximum Gasteiger partial charge on any atom is 0.255 e. The van der Waals surface area contributed by atoms with Gasteiger partial charge in [-0.3, -0.25) is 9.78 Å². The van der Waals surface area contributed by atoms with Crippen LogP contribution in [-0.4, -0.2) is 43.9 Å². The highest BCUT2D eigenvalue weighted by molar-refractivity contribution is 5.94. The number of aromatic nitrogens is 4. The van der Waals surface area contributed by atoms with Crippen molar-refractivity contribution in [2.45, 2.75) is 45.9 Å². The average Bonchev–Trinajstić information content (AvgIpc) is 3.39. The van der Waals surface area contributed by atoms with Crippen LogP contribution in [0, 0.1) is 12.8 Å². The lowest BCUT2D eigenvalue weighted by Crippen LogP contribution is -2.31. The third-order valence-corrected chi connectivity index (χ3v) is 4.76. The Kier molecular flexibility index (Phi) is 4.48. The molecule has 0 radical (unpaired) electrons. The summed E-state index contributed by atoms with van der Waals surface area (Å²) >= 11 is 0. The molecule has 2 aromatic heterocycles. The van der Waals surface area contributed by atoms with Crippen LogP contribution >= 0.6 is 0 Å². The fourth-order valence-corrected chi connectivity index (χ4v) is 3.14. The molecule has 132 valence electrons. The van der Waals surface area contributed by atoms with E-state index in [4.69, 9.17) is 4.74 Å². The van der Waals surface area contributed by atoms with E-state index >= 15 is 0 Å².